The lowest BCUT2D eigenvalue weighted by Crippen LogP contribution is -2.03. The van der Waals surface area contributed by atoms with Gasteiger partial charge in [-0.15, -0.1) is 0 Å². The van der Waals surface area contributed by atoms with Crippen LogP contribution in [0.4, 0.5) is 0 Å². The van der Waals surface area contributed by atoms with Crippen molar-refractivity contribution < 1.29 is 9.53 Å². The number of hydrogen-bond donors (Lipinski definition) is 0. The summed E-state index contributed by atoms with van der Waals surface area (Å²) in [4.78, 5) is 12.3. The number of hydrogen-bond acceptors (Lipinski definition) is 2. The van der Waals surface area contributed by atoms with Crippen molar-refractivity contribution in [2.75, 3.05) is 6.61 Å². The third-order valence-electron chi connectivity index (χ3n) is 2.93. The van der Waals surface area contributed by atoms with Gasteiger partial charge in [0.1, 0.15) is 5.75 Å². The van der Waals surface area contributed by atoms with E-state index in [1.54, 1.807) is 0 Å². The molecular weight excluding hydrogens is 236 g/mol. The van der Waals surface area contributed by atoms with Crippen molar-refractivity contribution in [1.29, 1.82) is 0 Å². The van der Waals surface area contributed by atoms with Crippen LogP contribution in [-0.4, -0.2) is 12.4 Å². The first-order chi connectivity index (χ1) is 9.22. The van der Waals surface area contributed by atoms with E-state index in [4.69, 9.17) is 4.74 Å². The molecule has 0 unspecified atom stereocenters. The van der Waals surface area contributed by atoms with Crippen LogP contribution in [0, 0.1) is 6.92 Å². The molecular formula is C17H18O2. The maximum Gasteiger partial charge on any atom is 0.193 e. The quantitative estimate of drug-likeness (QED) is 0.753. The molecule has 0 aliphatic carbocycles. The summed E-state index contributed by atoms with van der Waals surface area (Å²) in [7, 11) is 0. The lowest BCUT2D eigenvalue weighted by molar-refractivity contribution is 0.103. The van der Waals surface area contributed by atoms with Crippen LogP contribution >= 0.6 is 0 Å². The number of carbonyl (C=O) groups is 1. The first-order valence-corrected chi connectivity index (χ1v) is 6.55. The Bertz CT molecular complexity index is 559. The van der Waals surface area contributed by atoms with E-state index in [2.05, 4.69) is 6.92 Å². The van der Waals surface area contributed by atoms with E-state index >= 15 is 0 Å². The molecule has 0 atom stereocenters. The van der Waals surface area contributed by atoms with Crippen molar-refractivity contribution in [3.05, 3.63) is 65.2 Å². The van der Waals surface area contributed by atoms with Crippen LogP contribution in [0.5, 0.6) is 5.75 Å². The van der Waals surface area contributed by atoms with Gasteiger partial charge >= 0.3 is 0 Å². The van der Waals surface area contributed by atoms with Gasteiger partial charge in [0.05, 0.1) is 6.61 Å². The summed E-state index contributed by atoms with van der Waals surface area (Å²) in [6, 6.07) is 14.9. The van der Waals surface area contributed by atoms with Gasteiger partial charge < -0.3 is 4.74 Å². The normalized spacial score (nSPS) is 10.2. The standard InChI is InChI=1S/C17H18O2/c1-3-11-19-16-10-9-15(12-13(16)2)17(18)14-7-5-4-6-8-14/h4-10,12H,3,11H2,1-2H3. The Morgan fingerprint density at radius 2 is 1.79 bits per heavy atom. The van der Waals surface area contributed by atoms with Crippen molar-refractivity contribution >= 4 is 5.78 Å². The molecule has 2 nitrogen and oxygen atoms in total. The van der Waals surface area contributed by atoms with Crippen LogP contribution in [0.3, 0.4) is 0 Å². The average molecular weight is 254 g/mol. The Labute approximate surface area is 114 Å². The molecule has 2 aromatic carbocycles. The van der Waals surface area contributed by atoms with Gasteiger partial charge in [0.2, 0.25) is 0 Å². The Morgan fingerprint density at radius 3 is 2.42 bits per heavy atom. The van der Waals surface area contributed by atoms with Gasteiger partial charge in [-0.05, 0) is 37.1 Å². The minimum atomic E-state index is 0.0470. The van der Waals surface area contributed by atoms with Crippen molar-refractivity contribution in [1.82, 2.24) is 0 Å². The fourth-order valence-electron chi connectivity index (χ4n) is 1.92. The van der Waals surface area contributed by atoms with Crippen molar-refractivity contribution in [2.24, 2.45) is 0 Å². The SMILES string of the molecule is CCCOc1ccc(C(=O)c2ccccc2)cc1C. The number of benzene rings is 2. The third kappa shape index (κ3) is 3.22. The number of rotatable bonds is 5. The molecule has 0 aromatic heterocycles. The third-order valence-corrected chi connectivity index (χ3v) is 2.93. The van der Waals surface area contributed by atoms with Crippen LogP contribution in [0.15, 0.2) is 48.5 Å². The maximum atomic E-state index is 12.3. The molecule has 0 heterocycles. The summed E-state index contributed by atoms with van der Waals surface area (Å²) in [5.74, 6) is 0.900. The predicted octanol–water partition coefficient (Wildman–Crippen LogP) is 4.01. The van der Waals surface area contributed by atoms with Crippen molar-refractivity contribution in [3.63, 3.8) is 0 Å². The van der Waals surface area contributed by atoms with Gasteiger partial charge in [0.15, 0.2) is 5.78 Å². The Morgan fingerprint density at radius 1 is 1.05 bits per heavy atom. The average Bonchev–Trinajstić information content (AvgIpc) is 2.46. The summed E-state index contributed by atoms with van der Waals surface area (Å²) in [5, 5.41) is 0. The number of carbonyl (C=O) groups excluding carboxylic acids is 1. The summed E-state index contributed by atoms with van der Waals surface area (Å²) in [6.45, 7) is 4.74. The Balaban J connectivity index is 2.22. The van der Waals surface area contributed by atoms with Crippen LogP contribution in [0.1, 0.15) is 34.8 Å². The molecule has 0 amide bonds. The summed E-state index contributed by atoms with van der Waals surface area (Å²) in [5.41, 5.74) is 2.41. The Kier molecular flexibility index (Phi) is 4.35. The predicted molar refractivity (Wildman–Crippen MR) is 76.8 cm³/mol. The topological polar surface area (TPSA) is 26.3 Å². The summed E-state index contributed by atoms with van der Waals surface area (Å²) in [6.07, 6.45) is 0.976. The fourth-order valence-corrected chi connectivity index (χ4v) is 1.92. The molecule has 0 spiro atoms. The highest BCUT2D eigenvalue weighted by atomic mass is 16.5. The van der Waals surface area contributed by atoms with Gasteiger partial charge in [0.25, 0.3) is 0 Å². The highest BCUT2D eigenvalue weighted by Gasteiger charge is 2.10. The van der Waals surface area contributed by atoms with E-state index in [0.29, 0.717) is 17.7 Å². The highest BCUT2D eigenvalue weighted by molar-refractivity contribution is 6.09. The van der Waals surface area contributed by atoms with Crippen LogP contribution in [0.2, 0.25) is 0 Å². The minimum absolute atomic E-state index is 0.0470. The number of ketones is 1. The monoisotopic (exact) mass is 254 g/mol. The Hall–Kier alpha value is -2.09. The van der Waals surface area contributed by atoms with E-state index < -0.39 is 0 Å². The molecule has 19 heavy (non-hydrogen) atoms. The zero-order valence-corrected chi connectivity index (χ0v) is 11.3. The van der Waals surface area contributed by atoms with E-state index in [1.807, 2.05) is 55.5 Å². The maximum absolute atomic E-state index is 12.3. The lowest BCUT2D eigenvalue weighted by Gasteiger charge is -2.09. The molecule has 0 aliphatic rings. The van der Waals surface area contributed by atoms with Crippen molar-refractivity contribution in [3.8, 4) is 5.75 Å². The molecule has 2 aromatic rings. The smallest absolute Gasteiger partial charge is 0.193 e. The van der Waals surface area contributed by atoms with Gasteiger partial charge in [0, 0.05) is 11.1 Å². The second-order valence-corrected chi connectivity index (χ2v) is 4.52. The number of ether oxygens (including phenoxy) is 1. The molecule has 0 saturated heterocycles. The molecule has 2 rings (SSSR count). The van der Waals surface area contributed by atoms with Gasteiger partial charge in [-0.25, -0.2) is 0 Å². The van der Waals surface area contributed by atoms with Gasteiger partial charge in [-0.3, -0.25) is 4.79 Å². The highest BCUT2D eigenvalue weighted by Crippen LogP contribution is 2.21. The van der Waals surface area contributed by atoms with Gasteiger partial charge in [-0.2, -0.15) is 0 Å². The van der Waals surface area contributed by atoms with Gasteiger partial charge in [-0.1, -0.05) is 37.3 Å². The molecule has 0 saturated carbocycles. The molecule has 0 fully saturated rings. The zero-order chi connectivity index (χ0) is 13.7. The molecule has 0 aliphatic heterocycles. The summed E-state index contributed by atoms with van der Waals surface area (Å²) < 4.78 is 5.62. The first kappa shape index (κ1) is 13.3. The van der Waals surface area contributed by atoms with Crippen LogP contribution in [0.25, 0.3) is 0 Å². The first-order valence-electron chi connectivity index (χ1n) is 6.55. The zero-order valence-electron chi connectivity index (χ0n) is 11.3. The van der Waals surface area contributed by atoms with E-state index in [0.717, 1.165) is 17.7 Å². The number of aryl methyl sites for hydroxylation is 1. The van der Waals surface area contributed by atoms with Crippen LogP contribution in [-0.2, 0) is 0 Å². The molecule has 0 N–H and O–H groups in total. The molecule has 2 heteroatoms. The van der Waals surface area contributed by atoms with E-state index in [9.17, 15) is 4.79 Å². The second-order valence-electron chi connectivity index (χ2n) is 4.52. The van der Waals surface area contributed by atoms with E-state index in [-0.39, 0.29) is 5.78 Å². The lowest BCUT2D eigenvalue weighted by atomic mass is 10.0. The van der Waals surface area contributed by atoms with Crippen molar-refractivity contribution in [2.45, 2.75) is 20.3 Å². The minimum Gasteiger partial charge on any atom is -0.493 e. The second kappa shape index (κ2) is 6.19. The molecule has 0 radical (unpaired) electrons. The summed E-state index contributed by atoms with van der Waals surface area (Å²) >= 11 is 0. The van der Waals surface area contributed by atoms with E-state index in [1.165, 1.54) is 0 Å². The molecule has 0 bridgehead atoms. The largest absolute Gasteiger partial charge is 0.493 e. The molecule has 98 valence electrons. The van der Waals surface area contributed by atoms with Crippen LogP contribution < -0.4 is 4.74 Å². The fraction of sp³-hybridized carbons (Fsp3) is 0.235.